The summed E-state index contributed by atoms with van der Waals surface area (Å²) in [5, 5.41) is 11.0. The first-order valence-electron chi connectivity index (χ1n) is 6.32. The molecule has 1 fully saturated rings. The SMILES string of the molecule is CC[C@@H]1CN(S(=O)(=O)c2ccccc2[N+](=O)[O-])CCO1. The third kappa shape index (κ3) is 2.82. The van der Waals surface area contributed by atoms with Crippen LogP contribution in [0.15, 0.2) is 29.2 Å². The molecule has 2 rings (SSSR count). The lowest BCUT2D eigenvalue weighted by Crippen LogP contribution is -2.45. The van der Waals surface area contributed by atoms with Crippen LogP contribution in [0.3, 0.4) is 0 Å². The van der Waals surface area contributed by atoms with Gasteiger partial charge in [0, 0.05) is 19.2 Å². The van der Waals surface area contributed by atoms with Gasteiger partial charge in [0.2, 0.25) is 10.0 Å². The molecule has 0 amide bonds. The molecule has 0 saturated carbocycles. The molecule has 0 spiro atoms. The molecule has 8 heteroatoms. The summed E-state index contributed by atoms with van der Waals surface area (Å²) < 4.78 is 31.8. The van der Waals surface area contributed by atoms with Gasteiger partial charge in [-0.15, -0.1) is 0 Å². The van der Waals surface area contributed by atoms with Crippen LogP contribution in [0.25, 0.3) is 0 Å². The largest absolute Gasteiger partial charge is 0.375 e. The maximum Gasteiger partial charge on any atom is 0.289 e. The van der Waals surface area contributed by atoms with Gasteiger partial charge in [-0.25, -0.2) is 8.42 Å². The fourth-order valence-electron chi connectivity index (χ4n) is 2.12. The van der Waals surface area contributed by atoms with Crippen molar-refractivity contribution < 1.29 is 18.1 Å². The zero-order valence-corrected chi connectivity index (χ0v) is 11.9. The topological polar surface area (TPSA) is 89.8 Å². The molecule has 0 unspecified atom stereocenters. The van der Waals surface area contributed by atoms with Gasteiger partial charge in [0.15, 0.2) is 4.90 Å². The molecule has 1 aliphatic rings. The second-order valence-corrected chi connectivity index (χ2v) is 6.40. The molecule has 1 heterocycles. The van der Waals surface area contributed by atoms with E-state index >= 15 is 0 Å². The van der Waals surface area contributed by atoms with Crippen molar-refractivity contribution in [3.63, 3.8) is 0 Å². The maximum atomic E-state index is 12.5. The second-order valence-electron chi connectivity index (χ2n) is 4.49. The highest BCUT2D eigenvalue weighted by Gasteiger charge is 2.34. The minimum Gasteiger partial charge on any atom is -0.375 e. The van der Waals surface area contributed by atoms with Crippen molar-refractivity contribution in [3.05, 3.63) is 34.4 Å². The van der Waals surface area contributed by atoms with Crippen molar-refractivity contribution >= 4 is 15.7 Å². The summed E-state index contributed by atoms with van der Waals surface area (Å²) in [7, 11) is -3.87. The highest BCUT2D eigenvalue weighted by Crippen LogP contribution is 2.27. The Balaban J connectivity index is 2.38. The van der Waals surface area contributed by atoms with E-state index in [9.17, 15) is 18.5 Å². The number of hydrogen-bond acceptors (Lipinski definition) is 5. The van der Waals surface area contributed by atoms with Crippen LogP contribution in [0, 0.1) is 10.1 Å². The summed E-state index contributed by atoms with van der Waals surface area (Å²) in [5.41, 5.74) is -0.396. The fourth-order valence-corrected chi connectivity index (χ4v) is 3.74. The van der Waals surface area contributed by atoms with E-state index < -0.39 is 20.6 Å². The molecule has 7 nitrogen and oxygen atoms in total. The van der Waals surface area contributed by atoms with Crippen molar-refractivity contribution in [2.24, 2.45) is 0 Å². The smallest absolute Gasteiger partial charge is 0.289 e. The van der Waals surface area contributed by atoms with E-state index in [1.807, 2.05) is 6.92 Å². The van der Waals surface area contributed by atoms with E-state index in [1.165, 1.54) is 28.6 Å². The number of nitro benzene ring substituents is 1. The van der Waals surface area contributed by atoms with Crippen molar-refractivity contribution in [2.45, 2.75) is 24.3 Å². The summed E-state index contributed by atoms with van der Waals surface area (Å²) in [6.07, 6.45) is 0.532. The third-order valence-electron chi connectivity index (χ3n) is 3.24. The minimum absolute atomic E-state index is 0.165. The van der Waals surface area contributed by atoms with Crippen LogP contribution in [-0.2, 0) is 14.8 Å². The Labute approximate surface area is 117 Å². The van der Waals surface area contributed by atoms with Crippen LogP contribution in [0.5, 0.6) is 0 Å². The molecule has 1 saturated heterocycles. The molecule has 1 aromatic carbocycles. The number of sulfonamides is 1. The summed E-state index contributed by atoms with van der Waals surface area (Å²) in [6.45, 7) is 2.65. The minimum atomic E-state index is -3.87. The Morgan fingerprint density at radius 1 is 1.45 bits per heavy atom. The van der Waals surface area contributed by atoms with Gasteiger partial charge in [0.1, 0.15) is 0 Å². The van der Waals surface area contributed by atoms with Gasteiger partial charge in [-0.1, -0.05) is 19.1 Å². The molecule has 0 aliphatic carbocycles. The molecule has 1 atom stereocenters. The maximum absolute atomic E-state index is 12.5. The number of morpholine rings is 1. The molecule has 0 aromatic heterocycles. The monoisotopic (exact) mass is 300 g/mol. The molecular formula is C12H16N2O5S. The molecule has 20 heavy (non-hydrogen) atoms. The van der Waals surface area contributed by atoms with Gasteiger partial charge in [0.05, 0.1) is 17.6 Å². The molecule has 0 radical (unpaired) electrons. The standard InChI is InChI=1S/C12H16N2O5S/c1-2-10-9-13(7-8-19-10)20(17,18)12-6-4-3-5-11(12)14(15)16/h3-6,10H,2,7-9H2,1H3/t10-/m1/s1. The summed E-state index contributed by atoms with van der Waals surface area (Å²) >= 11 is 0. The highest BCUT2D eigenvalue weighted by atomic mass is 32.2. The first-order valence-corrected chi connectivity index (χ1v) is 7.76. The zero-order valence-electron chi connectivity index (χ0n) is 11.1. The van der Waals surface area contributed by atoms with Gasteiger partial charge in [-0.2, -0.15) is 4.31 Å². The average molecular weight is 300 g/mol. The Morgan fingerprint density at radius 2 is 2.15 bits per heavy atom. The fraction of sp³-hybridized carbons (Fsp3) is 0.500. The molecule has 1 aromatic rings. The van der Waals surface area contributed by atoms with Crippen molar-refractivity contribution in [1.29, 1.82) is 0 Å². The van der Waals surface area contributed by atoms with E-state index in [0.29, 0.717) is 13.0 Å². The summed E-state index contributed by atoms with van der Waals surface area (Å²) in [6, 6.07) is 5.40. The van der Waals surface area contributed by atoms with E-state index in [2.05, 4.69) is 0 Å². The summed E-state index contributed by atoms with van der Waals surface area (Å²) in [5.74, 6) is 0. The number of rotatable bonds is 4. The van der Waals surface area contributed by atoms with Crippen molar-refractivity contribution in [2.75, 3.05) is 19.7 Å². The lowest BCUT2D eigenvalue weighted by Gasteiger charge is -2.31. The number of hydrogen-bond donors (Lipinski definition) is 0. The van der Waals surface area contributed by atoms with Crippen LogP contribution in [0.1, 0.15) is 13.3 Å². The molecular weight excluding hydrogens is 284 g/mol. The van der Waals surface area contributed by atoms with Gasteiger partial charge in [-0.3, -0.25) is 10.1 Å². The van der Waals surface area contributed by atoms with Crippen LogP contribution in [0.4, 0.5) is 5.69 Å². The van der Waals surface area contributed by atoms with Crippen molar-refractivity contribution in [3.8, 4) is 0 Å². The van der Waals surface area contributed by atoms with Crippen molar-refractivity contribution in [1.82, 2.24) is 4.31 Å². The van der Waals surface area contributed by atoms with E-state index in [0.717, 1.165) is 0 Å². The van der Waals surface area contributed by atoms with Gasteiger partial charge < -0.3 is 4.74 Å². The lowest BCUT2D eigenvalue weighted by atomic mass is 10.2. The van der Waals surface area contributed by atoms with Gasteiger partial charge >= 0.3 is 0 Å². The molecule has 110 valence electrons. The van der Waals surface area contributed by atoms with E-state index in [-0.39, 0.29) is 24.1 Å². The van der Waals surface area contributed by atoms with Gasteiger partial charge in [-0.05, 0) is 12.5 Å². The van der Waals surface area contributed by atoms with E-state index in [1.54, 1.807) is 0 Å². The average Bonchev–Trinajstić information content (AvgIpc) is 2.47. The third-order valence-corrected chi connectivity index (χ3v) is 5.15. The normalized spacial score (nSPS) is 20.8. The first-order chi connectivity index (χ1) is 9.46. The van der Waals surface area contributed by atoms with Crippen LogP contribution < -0.4 is 0 Å². The lowest BCUT2D eigenvalue weighted by molar-refractivity contribution is -0.387. The predicted octanol–water partition coefficient (Wildman–Crippen LogP) is 1.39. The van der Waals surface area contributed by atoms with Crippen LogP contribution in [-0.4, -0.2) is 43.4 Å². The predicted molar refractivity (Wildman–Crippen MR) is 71.9 cm³/mol. The second kappa shape index (κ2) is 5.86. The number of benzene rings is 1. The summed E-state index contributed by atoms with van der Waals surface area (Å²) in [4.78, 5) is 10.0. The number of ether oxygens (including phenoxy) is 1. The number of para-hydroxylation sites is 1. The molecule has 1 aliphatic heterocycles. The van der Waals surface area contributed by atoms with Gasteiger partial charge in [0.25, 0.3) is 5.69 Å². The molecule has 0 N–H and O–H groups in total. The number of nitro groups is 1. The quantitative estimate of drug-likeness (QED) is 0.619. The van der Waals surface area contributed by atoms with Crippen LogP contribution in [0.2, 0.25) is 0 Å². The van der Waals surface area contributed by atoms with Crippen LogP contribution >= 0.6 is 0 Å². The highest BCUT2D eigenvalue weighted by molar-refractivity contribution is 7.89. The Hall–Kier alpha value is -1.51. The zero-order chi connectivity index (χ0) is 14.8. The van der Waals surface area contributed by atoms with E-state index in [4.69, 9.17) is 4.74 Å². The number of nitrogens with zero attached hydrogens (tertiary/aromatic N) is 2. The molecule has 0 bridgehead atoms. The Kier molecular flexibility index (Phi) is 4.36. The Morgan fingerprint density at radius 3 is 2.80 bits per heavy atom. The first kappa shape index (κ1) is 14.9. The Bertz CT molecular complexity index is 602.